The van der Waals surface area contributed by atoms with Crippen molar-refractivity contribution in [2.45, 2.75) is 19.9 Å². The summed E-state index contributed by atoms with van der Waals surface area (Å²) in [7, 11) is 1.62. The lowest BCUT2D eigenvalue weighted by Gasteiger charge is -2.10. The van der Waals surface area contributed by atoms with Crippen LogP contribution in [0.1, 0.15) is 27.0 Å². The third-order valence-electron chi connectivity index (χ3n) is 3.44. The zero-order valence-electron chi connectivity index (χ0n) is 13.1. The van der Waals surface area contributed by atoms with Crippen molar-refractivity contribution in [2.24, 2.45) is 0 Å². The topological polar surface area (TPSA) is 38.3 Å². The average Bonchev–Trinajstić information content (AvgIpc) is 2.53. The van der Waals surface area contributed by atoms with Crippen molar-refractivity contribution in [3.05, 3.63) is 77.4 Å². The van der Waals surface area contributed by atoms with Gasteiger partial charge < -0.3 is 10.1 Å². The van der Waals surface area contributed by atoms with Crippen molar-refractivity contribution in [3.63, 3.8) is 0 Å². The zero-order chi connectivity index (χ0) is 15.9. The summed E-state index contributed by atoms with van der Waals surface area (Å²) in [5.41, 5.74) is 3.86. The molecule has 2 aromatic carbocycles. The van der Waals surface area contributed by atoms with Crippen molar-refractivity contribution >= 4 is 5.91 Å². The minimum atomic E-state index is -0.0885. The quantitative estimate of drug-likeness (QED) is 0.826. The minimum Gasteiger partial charge on any atom is -0.496 e. The van der Waals surface area contributed by atoms with E-state index in [0.717, 1.165) is 16.9 Å². The van der Waals surface area contributed by atoms with Crippen LogP contribution in [0.2, 0.25) is 0 Å². The molecule has 2 aromatic rings. The minimum absolute atomic E-state index is 0.0885. The number of benzene rings is 2. The number of carbonyl (C=O) groups is 1. The van der Waals surface area contributed by atoms with E-state index in [-0.39, 0.29) is 5.91 Å². The van der Waals surface area contributed by atoms with Gasteiger partial charge in [0.15, 0.2) is 0 Å². The van der Waals surface area contributed by atoms with Gasteiger partial charge in [-0.25, -0.2) is 0 Å². The van der Waals surface area contributed by atoms with Crippen LogP contribution < -0.4 is 10.1 Å². The largest absolute Gasteiger partial charge is 0.496 e. The number of methoxy groups -OCH3 is 1. The monoisotopic (exact) mass is 295 g/mol. The van der Waals surface area contributed by atoms with Gasteiger partial charge in [0.05, 0.1) is 7.11 Å². The molecule has 3 heteroatoms. The smallest absolute Gasteiger partial charge is 0.251 e. The third kappa shape index (κ3) is 3.98. The van der Waals surface area contributed by atoms with E-state index < -0.39 is 0 Å². The number of amides is 1. The molecule has 2 rings (SSSR count). The summed E-state index contributed by atoms with van der Waals surface area (Å²) >= 11 is 0. The fourth-order valence-electron chi connectivity index (χ4n) is 2.34. The van der Waals surface area contributed by atoms with E-state index in [4.69, 9.17) is 4.74 Å². The lowest BCUT2D eigenvalue weighted by atomic mass is 10.1. The molecule has 1 N–H and O–H groups in total. The number of rotatable bonds is 6. The van der Waals surface area contributed by atoms with E-state index in [9.17, 15) is 4.79 Å². The Hall–Kier alpha value is -2.55. The van der Waals surface area contributed by atoms with Crippen LogP contribution in [-0.4, -0.2) is 13.0 Å². The van der Waals surface area contributed by atoms with E-state index in [1.165, 1.54) is 5.56 Å². The first-order valence-electron chi connectivity index (χ1n) is 7.25. The van der Waals surface area contributed by atoms with Gasteiger partial charge in [-0.1, -0.05) is 35.9 Å². The second kappa shape index (κ2) is 7.46. The fraction of sp³-hybridized carbons (Fsp3) is 0.211. The number of aryl methyl sites for hydroxylation is 1. The molecule has 0 aliphatic heterocycles. The summed E-state index contributed by atoms with van der Waals surface area (Å²) in [5, 5.41) is 2.94. The molecule has 0 radical (unpaired) electrons. The number of carbonyl (C=O) groups excluding carboxylic acids is 1. The molecule has 0 saturated heterocycles. The van der Waals surface area contributed by atoms with E-state index in [1.807, 2.05) is 37.3 Å². The maximum atomic E-state index is 12.3. The van der Waals surface area contributed by atoms with E-state index in [1.54, 1.807) is 19.3 Å². The Morgan fingerprint density at radius 3 is 2.77 bits per heavy atom. The van der Waals surface area contributed by atoms with Crippen LogP contribution >= 0.6 is 0 Å². The first-order chi connectivity index (χ1) is 10.6. The highest BCUT2D eigenvalue weighted by Crippen LogP contribution is 2.20. The molecule has 0 bridgehead atoms. The Morgan fingerprint density at radius 1 is 1.27 bits per heavy atom. The van der Waals surface area contributed by atoms with Crippen LogP contribution in [0.4, 0.5) is 0 Å². The molecule has 0 saturated carbocycles. The highest BCUT2D eigenvalue weighted by molar-refractivity contribution is 5.94. The van der Waals surface area contributed by atoms with E-state index >= 15 is 0 Å². The van der Waals surface area contributed by atoms with Gasteiger partial charge in [0.25, 0.3) is 5.91 Å². The standard InChI is InChI=1S/C19H21NO2/c1-4-6-16-12-17(9-10-18(16)22-3)19(21)20-13-15-8-5-7-14(2)11-15/h4-5,7-12H,1,6,13H2,2-3H3,(H,20,21). The van der Waals surface area contributed by atoms with Gasteiger partial charge in [0, 0.05) is 12.1 Å². The molecule has 0 aliphatic rings. The van der Waals surface area contributed by atoms with Crippen molar-refractivity contribution in [1.82, 2.24) is 5.32 Å². The summed E-state index contributed by atoms with van der Waals surface area (Å²) in [6, 6.07) is 13.5. The van der Waals surface area contributed by atoms with Crippen LogP contribution in [0.3, 0.4) is 0 Å². The van der Waals surface area contributed by atoms with Crippen LogP contribution in [0.5, 0.6) is 5.75 Å². The van der Waals surface area contributed by atoms with Crippen LogP contribution in [-0.2, 0) is 13.0 Å². The average molecular weight is 295 g/mol. The van der Waals surface area contributed by atoms with Crippen molar-refractivity contribution in [3.8, 4) is 5.75 Å². The normalized spacial score (nSPS) is 10.1. The molecular formula is C19H21NO2. The maximum absolute atomic E-state index is 12.3. The summed E-state index contributed by atoms with van der Waals surface area (Å²) in [6.07, 6.45) is 2.47. The molecule has 1 amide bonds. The molecule has 22 heavy (non-hydrogen) atoms. The lowest BCUT2D eigenvalue weighted by Crippen LogP contribution is -2.23. The lowest BCUT2D eigenvalue weighted by molar-refractivity contribution is 0.0951. The van der Waals surface area contributed by atoms with Gasteiger partial charge >= 0.3 is 0 Å². The zero-order valence-corrected chi connectivity index (χ0v) is 13.1. The van der Waals surface area contributed by atoms with Gasteiger partial charge in [0.2, 0.25) is 0 Å². The third-order valence-corrected chi connectivity index (χ3v) is 3.44. The van der Waals surface area contributed by atoms with Crippen molar-refractivity contribution in [1.29, 1.82) is 0 Å². The Kier molecular flexibility index (Phi) is 5.37. The van der Waals surface area contributed by atoms with E-state index in [0.29, 0.717) is 18.5 Å². The summed E-state index contributed by atoms with van der Waals surface area (Å²) < 4.78 is 5.30. The number of ether oxygens (including phenoxy) is 1. The Bertz CT molecular complexity index is 677. The predicted octanol–water partition coefficient (Wildman–Crippen LogP) is 3.66. The molecule has 0 heterocycles. The molecule has 0 aliphatic carbocycles. The van der Waals surface area contributed by atoms with Crippen LogP contribution in [0.25, 0.3) is 0 Å². The number of nitrogens with one attached hydrogen (secondary N) is 1. The molecular weight excluding hydrogens is 274 g/mol. The molecule has 0 aromatic heterocycles. The van der Waals surface area contributed by atoms with Gasteiger partial charge in [-0.15, -0.1) is 6.58 Å². The summed E-state index contributed by atoms with van der Waals surface area (Å²) in [5.74, 6) is 0.685. The molecule has 0 spiro atoms. The molecule has 0 unspecified atom stereocenters. The predicted molar refractivity (Wildman–Crippen MR) is 89.2 cm³/mol. The molecule has 3 nitrogen and oxygen atoms in total. The highest BCUT2D eigenvalue weighted by atomic mass is 16.5. The van der Waals surface area contributed by atoms with Crippen LogP contribution in [0, 0.1) is 6.92 Å². The van der Waals surface area contributed by atoms with Crippen molar-refractivity contribution < 1.29 is 9.53 Å². The second-order valence-corrected chi connectivity index (χ2v) is 5.19. The Morgan fingerprint density at radius 2 is 2.09 bits per heavy atom. The molecule has 0 fully saturated rings. The molecule has 114 valence electrons. The summed E-state index contributed by atoms with van der Waals surface area (Å²) in [4.78, 5) is 12.3. The van der Waals surface area contributed by atoms with Gasteiger partial charge in [-0.2, -0.15) is 0 Å². The summed E-state index contributed by atoms with van der Waals surface area (Å²) in [6.45, 7) is 6.29. The first-order valence-corrected chi connectivity index (χ1v) is 7.25. The first kappa shape index (κ1) is 15.8. The fourth-order valence-corrected chi connectivity index (χ4v) is 2.34. The number of hydrogen-bond acceptors (Lipinski definition) is 2. The highest BCUT2D eigenvalue weighted by Gasteiger charge is 2.09. The van der Waals surface area contributed by atoms with Gasteiger partial charge in [-0.05, 0) is 42.7 Å². The Balaban J connectivity index is 2.09. The SMILES string of the molecule is C=CCc1cc(C(=O)NCc2cccc(C)c2)ccc1OC. The van der Waals surface area contributed by atoms with Crippen LogP contribution in [0.15, 0.2) is 55.1 Å². The molecule has 0 atom stereocenters. The second-order valence-electron chi connectivity index (χ2n) is 5.19. The number of hydrogen-bond donors (Lipinski definition) is 1. The Labute approximate surface area is 131 Å². The van der Waals surface area contributed by atoms with Gasteiger partial charge in [0.1, 0.15) is 5.75 Å². The van der Waals surface area contributed by atoms with E-state index in [2.05, 4.69) is 18.0 Å². The van der Waals surface area contributed by atoms with Gasteiger partial charge in [-0.3, -0.25) is 4.79 Å². The van der Waals surface area contributed by atoms with Crippen molar-refractivity contribution in [2.75, 3.05) is 7.11 Å². The number of allylic oxidation sites excluding steroid dienone is 1. The maximum Gasteiger partial charge on any atom is 0.251 e.